The monoisotopic (exact) mass is 295 g/mol. The molecule has 0 saturated heterocycles. The number of fused-ring (bicyclic) bond motifs is 1. The summed E-state index contributed by atoms with van der Waals surface area (Å²) < 4.78 is 12.4. The van der Waals surface area contributed by atoms with Crippen molar-refractivity contribution in [3.05, 3.63) is 54.0 Å². The number of H-pyrrole nitrogens is 1. The summed E-state index contributed by atoms with van der Waals surface area (Å²) in [5.41, 5.74) is 2.76. The molecule has 1 unspecified atom stereocenters. The molecule has 0 spiro atoms. The van der Waals surface area contributed by atoms with E-state index in [0.29, 0.717) is 6.54 Å². The Kier molecular flexibility index (Phi) is 4.24. The van der Waals surface area contributed by atoms with E-state index in [-0.39, 0.29) is 12.6 Å². The third-order valence-electron chi connectivity index (χ3n) is 3.70. The summed E-state index contributed by atoms with van der Waals surface area (Å²) >= 11 is 0. The topological polar surface area (TPSA) is 31.9 Å². The molecule has 3 rings (SSSR count). The number of allylic oxidation sites excluding steroid dienone is 3. The number of rotatable bonds is 3. The van der Waals surface area contributed by atoms with Crippen LogP contribution in [-0.4, -0.2) is 35.1 Å². The number of hydrogen-bond donors (Lipinski definition) is 1. The molecule has 2 heterocycles. The van der Waals surface area contributed by atoms with E-state index >= 15 is 0 Å². The second kappa shape index (κ2) is 6.48. The summed E-state index contributed by atoms with van der Waals surface area (Å²) in [6, 6.07) is 5.93. The molecule has 3 nitrogen and oxygen atoms in total. The number of nitrogens with zero attached hydrogens (tertiary/aromatic N) is 2. The van der Waals surface area contributed by atoms with Crippen LogP contribution >= 0.6 is 0 Å². The van der Waals surface area contributed by atoms with Crippen molar-refractivity contribution in [2.75, 3.05) is 20.3 Å². The van der Waals surface area contributed by atoms with Gasteiger partial charge in [-0.05, 0) is 42.7 Å². The van der Waals surface area contributed by atoms with Crippen molar-refractivity contribution >= 4 is 11.0 Å². The van der Waals surface area contributed by atoms with Crippen LogP contribution in [0.15, 0.2) is 48.3 Å². The van der Waals surface area contributed by atoms with E-state index < -0.39 is 0 Å². The first-order chi connectivity index (χ1) is 10.8. The molecule has 0 amide bonds. The van der Waals surface area contributed by atoms with Crippen LogP contribution in [0.2, 0.25) is 0 Å². The molecular weight excluding hydrogens is 277 g/mol. The van der Waals surface area contributed by atoms with Gasteiger partial charge in [0.05, 0.1) is 5.69 Å². The minimum atomic E-state index is -0.347. The fraction of sp³-hybridized carbons (Fsp3) is 0.278. The Balaban J connectivity index is 1.77. The van der Waals surface area contributed by atoms with Crippen LogP contribution in [-0.2, 0) is 0 Å². The minimum absolute atomic E-state index is 0.154. The van der Waals surface area contributed by atoms with Gasteiger partial charge in [0.15, 0.2) is 0 Å². The van der Waals surface area contributed by atoms with Crippen molar-refractivity contribution in [1.29, 1.82) is 0 Å². The maximum Gasteiger partial charge on any atom is 0.138 e. The van der Waals surface area contributed by atoms with Crippen LogP contribution in [0.5, 0.6) is 0 Å². The molecular formula is C18H18FN3. The Morgan fingerprint density at radius 1 is 1.50 bits per heavy atom. The molecule has 1 atom stereocenters. The van der Waals surface area contributed by atoms with Crippen LogP contribution in [0.4, 0.5) is 4.39 Å². The number of pyridine rings is 1. The van der Waals surface area contributed by atoms with Gasteiger partial charge in [-0.25, -0.2) is 9.37 Å². The Hall–Kier alpha value is -2.54. The summed E-state index contributed by atoms with van der Waals surface area (Å²) in [5.74, 6) is 6.60. The molecule has 0 aromatic carbocycles. The average Bonchev–Trinajstić information content (AvgIpc) is 2.96. The van der Waals surface area contributed by atoms with Crippen LogP contribution in [0, 0.1) is 17.8 Å². The largest absolute Gasteiger partial charge is 0.372 e. The fourth-order valence-corrected chi connectivity index (χ4v) is 2.47. The van der Waals surface area contributed by atoms with Gasteiger partial charge in [0, 0.05) is 36.8 Å². The maximum absolute atomic E-state index is 12.4. The first-order valence-electron chi connectivity index (χ1n) is 7.37. The standard InChI is InChI=1S/C18H18FN3/c1-22(11-9-19)17-6-2-4-14(12-17)7-8-16-13-15-5-3-10-20-18(15)21-16/h2-3,5-6,10,12-14H,4,9,11H2,1H3,(H,20,21). The number of hydrogen-bond acceptors (Lipinski definition) is 2. The molecule has 0 radical (unpaired) electrons. The average molecular weight is 295 g/mol. The van der Waals surface area contributed by atoms with Crippen LogP contribution < -0.4 is 0 Å². The van der Waals surface area contributed by atoms with Crippen LogP contribution in [0.25, 0.3) is 11.0 Å². The second-order valence-corrected chi connectivity index (χ2v) is 5.34. The van der Waals surface area contributed by atoms with Crippen molar-refractivity contribution in [3.8, 4) is 11.8 Å². The van der Waals surface area contributed by atoms with Crippen molar-refractivity contribution in [2.45, 2.75) is 6.42 Å². The lowest BCUT2D eigenvalue weighted by Crippen LogP contribution is -2.21. The second-order valence-electron chi connectivity index (χ2n) is 5.34. The van der Waals surface area contributed by atoms with Gasteiger partial charge in [0.25, 0.3) is 0 Å². The number of aromatic nitrogens is 2. The smallest absolute Gasteiger partial charge is 0.138 e. The Bertz CT molecular complexity index is 743. The summed E-state index contributed by atoms with van der Waals surface area (Å²) in [7, 11) is 1.90. The van der Waals surface area contributed by atoms with E-state index in [4.69, 9.17) is 0 Å². The molecule has 1 aliphatic carbocycles. The summed E-state index contributed by atoms with van der Waals surface area (Å²) in [6.07, 6.45) is 8.87. The van der Waals surface area contributed by atoms with E-state index in [1.54, 1.807) is 6.20 Å². The lowest BCUT2D eigenvalue weighted by Gasteiger charge is -2.22. The first-order valence-corrected chi connectivity index (χ1v) is 7.37. The highest BCUT2D eigenvalue weighted by Gasteiger charge is 2.10. The number of halogens is 1. The van der Waals surface area contributed by atoms with Crippen LogP contribution in [0.1, 0.15) is 12.1 Å². The van der Waals surface area contributed by atoms with Gasteiger partial charge in [-0.15, -0.1) is 0 Å². The SMILES string of the molecule is CN(CCF)C1=CC(C#Cc2cc3cccnc3[nH]2)CC=C1. The van der Waals surface area contributed by atoms with Gasteiger partial charge in [-0.2, -0.15) is 0 Å². The van der Waals surface area contributed by atoms with Crippen LogP contribution in [0.3, 0.4) is 0 Å². The van der Waals surface area contributed by atoms with Gasteiger partial charge >= 0.3 is 0 Å². The fourth-order valence-electron chi connectivity index (χ4n) is 2.47. The molecule has 4 heteroatoms. The normalized spacial score (nSPS) is 17.0. The van der Waals surface area contributed by atoms with Gasteiger partial charge in [-0.3, -0.25) is 0 Å². The Morgan fingerprint density at radius 2 is 2.41 bits per heavy atom. The molecule has 1 N–H and O–H groups in total. The van der Waals surface area contributed by atoms with Gasteiger partial charge in [-0.1, -0.05) is 12.0 Å². The molecule has 2 aromatic rings. The van der Waals surface area contributed by atoms with Gasteiger partial charge < -0.3 is 9.88 Å². The van der Waals surface area contributed by atoms with Crippen molar-refractivity contribution in [1.82, 2.24) is 14.9 Å². The molecule has 22 heavy (non-hydrogen) atoms. The third-order valence-corrected chi connectivity index (χ3v) is 3.70. The molecule has 0 bridgehead atoms. The molecule has 2 aromatic heterocycles. The number of aromatic amines is 1. The summed E-state index contributed by atoms with van der Waals surface area (Å²) in [4.78, 5) is 9.38. The van der Waals surface area contributed by atoms with Gasteiger partial charge in [0.1, 0.15) is 12.3 Å². The highest BCUT2D eigenvalue weighted by molar-refractivity contribution is 5.77. The predicted molar refractivity (Wildman–Crippen MR) is 86.9 cm³/mol. The van der Waals surface area contributed by atoms with E-state index in [1.165, 1.54) is 0 Å². The number of alkyl halides is 1. The highest BCUT2D eigenvalue weighted by Crippen LogP contribution is 2.18. The van der Waals surface area contributed by atoms with Gasteiger partial charge in [0.2, 0.25) is 0 Å². The van der Waals surface area contributed by atoms with Crippen molar-refractivity contribution in [2.24, 2.45) is 5.92 Å². The van der Waals surface area contributed by atoms with E-state index in [2.05, 4.69) is 34.0 Å². The zero-order valence-corrected chi connectivity index (χ0v) is 12.5. The van der Waals surface area contributed by atoms with E-state index in [1.807, 2.05) is 36.2 Å². The molecule has 0 fully saturated rings. The molecule has 1 aliphatic rings. The third kappa shape index (κ3) is 3.20. The summed E-state index contributed by atoms with van der Waals surface area (Å²) in [6.45, 7) is 0.0596. The minimum Gasteiger partial charge on any atom is -0.372 e. The number of likely N-dealkylation sites (N-methyl/N-ethyl adjacent to an activating group) is 1. The predicted octanol–water partition coefficient (Wildman–Crippen LogP) is 3.28. The summed E-state index contributed by atoms with van der Waals surface area (Å²) in [5, 5.41) is 1.06. The van der Waals surface area contributed by atoms with E-state index in [0.717, 1.165) is 28.8 Å². The zero-order chi connectivity index (χ0) is 15.4. The van der Waals surface area contributed by atoms with E-state index in [9.17, 15) is 4.39 Å². The number of nitrogens with one attached hydrogen (secondary N) is 1. The Morgan fingerprint density at radius 3 is 3.23 bits per heavy atom. The zero-order valence-electron chi connectivity index (χ0n) is 12.5. The maximum atomic E-state index is 12.4. The first kappa shape index (κ1) is 14.4. The highest BCUT2D eigenvalue weighted by atomic mass is 19.1. The Labute approximate surface area is 129 Å². The van der Waals surface area contributed by atoms with Crippen molar-refractivity contribution < 1.29 is 4.39 Å². The lowest BCUT2D eigenvalue weighted by molar-refractivity contribution is 0.355. The lowest BCUT2D eigenvalue weighted by atomic mass is 9.99. The van der Waals surface area contributed by atoms with Crippen molar-refractivity contribution in [3.63, 3.8) is 0 Å². The molecule has 0 saturated carbocycles. The quantitative estimate of drug-likeness (QED) is 0.881. The molecule has 112 valence electrons. The molecule has 0 aliphatic heterocycles.